The first-order chi connectivity index (χ1) is 11.5. The monoisotopic (exact) mass is 328 g/mol. The number of aromatic nitrogens is 1. The van der Waals surface area contributed by atoms with Gasteiger partial charge >= 0.3 is 5.97 Å². The largest absolute Gasteiger partial charge is 0.489 e. The Morgan fingerprint density at radius 2 is 1.79 bits per heavy atom. The number of carbonyl (C=O) groups is 1. The Morgan fingerprint density at radius 1 is 1.12 bits per heavy atom. The zero-order chi connectivity index (χ0) is 17.4. The van der Waals surface area contributed by atoms with Crippen LogP contribution in [-0.4, -0.2) is 22.6 Å². The van der Waals surface area contributed by atoms with E-state index in [1.807, 2.05) is 36.4 Å². The smallest absolute Gasteiger partial charge is 0.309 e. The van der Waals surface area contributed by atoms with Crippen molar-refractivity contribution in [3.8, 4) is 5.75 Å². The lowest BCUT2D eigenvalue weighted by atomic mass is 9.90. The van der Waals surface area contributed by atoms with E-state index in [1.54, 1.807) is 26.2 Å². The molecule has 0 aliphatic rings. The average Bonchev–Trinajstić information content (AvgIpc) is 2.59. The Balaban J connectivity index is 1.73. The Hall–Kier alpha value is -2.40. The number of nitrogens with zero attached hydrogens (tertiary/aromatic N) is 1. The third-order valence-corrected chi connectivity index (χ3v) is 3.91. The highest BCUT2D eigenvalue weighted by atomic mass is 16.5. The standard InChI is InChI=1S/C19H24N2O3/c1-19(2,18(22)23)9-12-21-13-15-3-5-17(6-4-15)24-14-16-7-10-20-11-8-16/h3-8,10-11,21H,9,12-14H2,1-2H3,(H,22,23). The fourth-order valence-electron chi connectivity index (χ4n) is 2.09. The van der Waals surface area contributed by atoms with Crippen molar-refractivity contribution in [2.45, 2.75) is 33.4 Å². The molecular weight excluding hydrogens is 304 g/mol. The molecule has 24 heavy (non-hydrogen) atoms. The number of carboxylic acids is 1. The van der Waals surface area contributed by atoms with Gasteiger partial charge in [-0.15, -0.1) is 0 Å². The molecule has 0 radical (unpaired) electrons. The molecule has 5 nitrogen and oxygen atoms in total. The zero-order valence-corrected chi connectivity index (χ0v) is 14.2. The molecule has 0 saturated carbocycles. The number of nitrogens with one attached hydrogen (secondary N) is 1. The van der Waals surface area contributed by atoms with Gasteiger partial charge < -0.3 is 15.2 Å². The molecule has 0 aliphatic carbocycles. The highest BCUT2D eigenvalue weighted by Crippen LogP contribution is 2.19. The lowest BCUT2D eigenvalue weighted by Crippen LogP contribution is -2.28. The van der Waals surface area contributed by atoms with Crippen LogP contribution in [0.1, 0.15) is 31.4 Å². The Bertz CT molecular complexity index is 639. The summed E-state index contributed by atoms with van der Waals surface area (Å²) in [5.74, 6) is 0.0579. The van der Waals surface area contributed by atoms with Gasteiger partial charge in [-0.1, -0.05) is 12.1 Å². The van der Waals surface area contributed by atoms with Crippen molar-refractivity contribution in [2.24, 2.45) is 5.41 Å². The van der Waals surface area contributed by atoms with Crippen molar-refractivity contribution < 1.29 is 14.6 Å². The Morgan fingerprint density at radius 3 is 2.42 bits per heavy atom. The first-order valence-corrected chi connectivity index (χ1v) is 8.02. The molecule has 2 N–H and O–H groups in total. The van der Waals surface area contributed by atoms with Gasteiger partial charge in [-0.25, -0.2) is 0 Å². The van der Waals surface area contributed by atoms with Crippen LogP contribution in [0, 0.1) is 5.41 Å². The number of benzene rings is 1. The molecule has 2 rings (SSSR count). The lowest BCUT2D eigenvalue weighted by molar-refractivity contribution is -0.147. The van der Waals surface area contributed by atoms with E-state index in [0.717, 1.165) is 16.9 Å². The van der Waals surface area contributed by atoms with Crippen molar-refractivity contribution in [3.05, 3.63) is 59.9 Å². The summed E-state index contributed by atoms with van der Waals surface area (Å²) >= 11 is 0. The van der Waals surface area contributed by atoms with Gasteiger partial charge in [-0.05, 0) is 62.2 Å². The first-order valence-electron chi connectivity index (χ1n) is 8.02. The van der Waals surface area contributed by atoms with Crippen molar-refractivity contribution in [2.75, 3.05) is 6.54 Å². The van der Waals surface area contributed by atoms with Crippen LogP contribution < -0.4 is 10.1 Å². The maximum absolute atomic E-state index is 11.0. The summed E-state index contributed by atoms with van der Waals surface area (Å²) < 4.78 is 5.73. The number of aliphatic carboxylic acids is 1. The molecule has 0 amide bonds. The zero-order valence-electron chi connectivity index (χ0n) is 14.2. The number of hydrogen-bond acceptors (Lipinski definition) is 4. The molecule has 0 bridgehead atoms. The van der Waals surface area contributed by atoms with Crippen LogP contribution in [0.2, 0.25) is 0 Å². The number of hydrogen-bond donors (Lipinski definition) is 2. The molecular formula is C19H24N2O3. The van der Waals surface area contributed by atoms with Gasteiger partial charge in [0, 0.05) is 18.9 Å². The number of rotatable bonds is 9. The maximum atomic E-state index is 11.0. The van der Waals surface area contributed by atoms with Gasteiger partial charge in [0.15, 0.2) is 0 Å². The van der Waals surface area contributed by atoms with Crippen molar-refractivity contribution >= 4 is 5.97 Å². The van der Waals surface area contributed by atoms with Crippen LogP contribution in [0.15, 0.2) is 48.8 Å². The predicted molar refractivity (Wildman–Crippen MR) is 92.8 cm³/mol. The second-order valence-electron chi connectivity index (χ2n) is 6.40. The minimum atomic E-state index is -0.764. The fourth-order valence-corrected chi connectivity index (χ4v) is 2.09. The normalized spacial score (nSPS) is 11.2. The van der Waals surface area contributed by atoms with E-state index in [0.29, 0.717) is 26.1 Å². The second-order valence-corrected chi connectivity index (χ2v) is 6.40. The number of ether oxygens (including phenoxy) is 1. The summed E-state index contributed by atoms with van der Waals surface area (Å²) in [6.07, 6.45) is 4.09. The fraction of sp³-hybridized carbons (Fsp3) is 0.368. The molecule has 0 atom stereocenters. The molecule has 1 heterocycles. The van der Waals surface area contributed by atoms with Crippen LogP contribution in [0.25, 0.3) is 0 Å². The van der Waals surface area contributed by atoms with E-state index < -0.39 is 11.4 Å². The van der Waals surface area contributed by atoms with Crippen molar-refractivity contribution in [1.82, 2.24) is 10.3 Å². The van der Waals surface area contributed by atoms with E-state index in [4.69, 9.17) is 9.84 Å². The second kappa shape index (κ2) is 8.45. The number of pyridine rings is 1. The van der Waals surface area contributed by atoms with Gasteiger partial charge in [-0.3, -0.25) is 9.78 Å². The van der Waals surface area contributed by atoms with E-state index in [9.17, 15) is 4.79 Å². The van der Waals surface area contributed by atoms with Crippen LogP contribution in [0.3, 0.4) is 0 Å². The third-order valence-electron chi connectivity index (χ3n) is 3.91. The van der Waals surface area contributed by atoms with Crippen molar-refractivity contribution in [1.29, 1.82) is 0 Å². The van der Waals surface area contributed by atoms with Gasteiger partial charge in [0.2, 0.25) is 0 Å². The highest BCUT2D eigenvalue weighted by molar-refractivity contribution is 5.73. The van der Waals surface area contributed by atoms with Gasteiger partial charge in [0.05, 0.1) is 5.41 Å². The van der Waals surface area contributed by atoms with Gasteiger partial charge in [0.1, 0.15) is 12.4 Å². The van der Waals surface area contributed by atoms with E-state index in [1.165, 1.54) is 0 Å². The van der Waals surface area contributed by atoms with Crippen LogP contribution in [0.4, 0.5) is 0 Å². The molecule has 5 heteroatoms. The molecule has 0 unspecified atom stereocenters. The van der Waals surface area contributed by atoms with E-state index >= 15 is 0 Å². The SMILES string of the molecule is CC(C)(CCNCc1ccc(OCc2ccncc2)cc1)C(=O)O. The lowest BCUT2D eigenvalue weighted by Gasteiger charge is -2.19. The predicted octanol–water partition coefficient (Wildman–Crippen LogP) is 3.25. The molecule has 0 spiro atoms. The molecule has 1 aromatic heterocycles. The van der Waals surface area contributed by atoms with Crippen molar-refractivity contribution in [3.63, 3.8) is 0 Å². The summed E-state index contributed by atoms with van der Waals surface area (Å²) in [5.41, 5.74) is 1.52. The summed E-state index contributed by atoms with van der Waals surface area (Å²) in [6, 6.07) is 11.8. The minimum Gasteiger partial charge on any atom is -0.489 e. The van der Waals surface area contributed by atoms with Crippen LogP contribution >= 0.6 is 0 Å². The molecule has 0 saturated heterocycles. The third kappa shape index (κ3) is 5.66. The summed E-state index contributed by atoms with van der Waals surface area (Å²) in [7, 11) is 0. The average molecular weight is 328 g/mol. The van der Waals surface area contributed by atoms with Gasteiger partial charge in [0.25, 0.3) is 0 Å². The summed E-state index contributed by atoms with van der Waals surface area (Å²) in [4.78, 5) is 15.0. The summed E-state index contributed by atoms with van der Waals surface area (Å²) in [5, 5.41) is 12.4. The number of carboxylic acid groups (broad SMARTS) is 1. The Kier molecular flexibility index (Phi) is 6.32. The topological polar surface area (TPSA) is 71.5 Å². The van der Waals surface area contributed by atoms with Crippen LogP contribution in [-0.2, 0) is 17.9 Å². The molecule has 128 valence electrons. The molecule has 1 aromatic carbocycles. The quantitative estimate of drug-likeness (QED) is 0.691. The first kappa shape index (κ1) is 17.9. The summed E-state index contributed by atoms with van der Waals surface area (Å²) in [6.45, 7) is 5.38. The Labute approximate surface area is 142 Å². The van der Waals surface area contributed by atoms with E-state index in [-0.39, 0.29) is 0 Å². The maximum Gasteiger partial charge on any atom is 0.309 e. The highest BCUT2D eigenvalue weighted by Gasteiger charge is 2.25. The molecule has 0 aliphatic heterocycles. The molecule has 2 aromatic rings. The van der Waals surface area contributed by atoms with E-state index in [2.05, 4.69) is 10.3 Å². The molecule has 0 fully saturated rings. The van der Waals surface area contributed by atoms with Gasteiger partial charge in [-0.2, -0.15) is 0 Å². The minimum absolute atomic E-state index is 0.518. The van der Waals surface area contributed by atoms with Crippen LogP contribution in [0.5, 0.6) is 5.75 Å².